The number of amides is 2. The van der Waals surface area contributed by atoms with Gasteiger partial charge in [-0.05, 0) is 44.8 Å². The van der Waals surface area contributed by atoms with Crippen molar-refractivity contribution in [2.24, 2.45) is 5.73 Å². The second kappa shape index (κ2) is 7.76. The first-order chi connectivity index (χ1) is 15.4. The van der Waals surface area contributed by atoms with Crippen LogP contribution in [0.25, 0.3) is 33.2 Å². The molecule has 1 aliphatic rings. The van der Waals surface area contributed by atoms with Crippen LogP contribution in [0.5, 0.6) is 0 Å². The third-order valence-electron chi connectivity index (χ3n) is 6.32. The maximum absolute atomic E-state index is 13.1. The Hall–Kier alpha value is -3.71. The van der Waals surface area contributed by atoms with Crippen molar-refractivity contribution in [2.75, 3.05) is 27.2 Å². The number of fused-ring (bicyclic) bond motifs is 3. The molecule has 2 amide bonds. The van der Waals surface area contributed by atoms with Gasteiger partial charge in [-0.2, -0.15) is 0 Å². The lowest BCUT2D eigenvalue weighted by molar-refractivity contribution is 0.0783. The molecule has 1 fully saturated rings. The van der Waals surface area contributed by atoms with Crippen molar-refractivity contribution in [2.45, 2.75) is 12.5 Å². The highest BCUT2D eigenvalue weighted by Gasteiger charge is 2.28. The number of H-pyrrole nitrogens is 1. The zero-order valence-corrected chi connectivity index (χ0v) is 18.1. The fraction of sp³-hybridized carbons (Fsp3) is 0.240. The largest absolute Gasteiger partial charge is 0.366 e. The molecule has 0 saturated carbocycles. The maximum atomic E-state index is 13.1. The van der Waals surface area contributed by atoms with Gasteiger partial charge in [0.05, 0.1) is 22.3 Å². The molecule has 3 heterocycles. The zero-order chi connectivity index (χ0) is 22.4. The number of nitrogens with one attached hydrogen (secondary N) is 1. The van der Waals surface area contributed by atoms with Crippen LogP contribution < -0.4 is 5.73 Å². The van der Waals surface area contributed by atoms with Crippen LogP contribution in [0.15, 0.2) is 54.6 Å². The molecule has 32 heavy (non-hydrogen) atoms. The lowest BCUT2D eigenvalue weighted by Gasteiger charge is -2.20. The minimum Gasteiger partial charge on any atom is -0.366 e. The van der Waals surface area contributed by atoms with Crippen molar-refractivity contribution < 1.29 is 9.59 Å². The van der Waals surface area contributed by atoms with Gasteiger partial charge in [0, 0.05) is 41.2 Å². The lowest BCUT2D eigenvalue weighted by atomic mass is 10.1. The molecule has 0 spiro atoms. The monoisotopic (exact) mass is 427 g/mol. The van der Waals surface area contributed by atoms with Gasteiger partial charge in [-0.3, -0.25) is 9.59 Å². The Morgan fingerprint density at radius 2 is 1.91 bits per heavy atom. The Balaban J connectivity index is 1.59. The molecule has 0 aliphatic carbocycles. The van der Waals surface area contributed by atoms with E-state index in [-0.39, 0.29) is 5.91 Å². The van der Waals surface area contributed by atoms with E-state index in [4.69, 9.17) is 10.7 Å². The van der Waals surface area contributed by atoms with Crippen LogP contribution in [-0.2, 0) is 0 Å². The molecular weight excluding hydrogens is 402 g/mol. The number of likely N-dealkylation sites (N-methyl/N-ethyl adjacent to an activating group) is 1. The zero-order valence-electron chi connectivity index (χ0n) is 18.1. The van der Waals surface area contributed by atoms with Crippen LogP contribution in [0.1, 0.15) is 27.1 Å². The van der Waals surface area contributed by atoms with Gasteiger partial charge in [0.15, 0.2) is 0 Å². The van der Waals surface area contributed by atoms with Crippen LogP contribution in [0, 0.1) is 0 Å². The Kier molecular flexibility index (Phi) is 4.90. The number of aromatic amines is 1. The highest BCUT2D eigenvalue weighted by atomic mass is 16.2. The number of benzene rings is 2. The van der Waals surface area contributed by atoms with Crippen LogP contribution in [0.3, 0.4) is 0 Å². The molecule has 1 unspecified atom stereocenters. The molecule has 3 N–H and O–H groups in total. The molecule has 1 atom stereocenters. The van der Waals surface area contributed by atoms with Gasteiger partial charge >= 0.3 is 0 Å². The summed E-state index contributed by atoms with van der Waals surface area (Å²) in [6.45, 7) is 1.48. The molecule has 0 radical (unpaired) electrons. The summed E-state index contributed by atoms with van der Waals surface area (Å²) in [4.78, 5) is 37.5. The van der Waals surface area contributed by atoms with Gasteiger partial charge in [0.2, 0.25) is 0 Å². The third-order valence-corrected chi connectivity index (χ3v) is 6.32. The van der Waals surface area contributed by atoms with E-state index in [2.05, 4.69) is 9.88 Å². The molecule has 4 aromatic rings. The van der Waals surface area contributed by atoms with Gasteiger partial charge in [-0.1, -0.05) is 30.3 Å². The fourth-order valence-corrected chi connectivity index (χ4v) is 4.47. The molecule has 0 bridgehead atoms. The fourth-order valence-electron chi connectivity index (χ4n) is 4.47. The minimum atomic E-state index is -0.524. The van der Waals surface area contributed by atoms with Crippen LogP contribution >= 0.6 is 0 Å². The molecule has 2 aromatic carbocycles. The molecule has 162 valence electrons. The van der Waals surface area contributed by atoms with Crippen molar-refractivity contribution in [3.8, 4) is 11.3 Å². The first-order valence-electron chi connectivity index (χ1n) is 10.7. The van der Waals surface area contributed by atoms with Crippen molar-refractivity contribution in [3.63, 3.8) is 0 Å². The summed E-state index contributed by atoms with van der Waals surface area (Å²) in [6, 6.07) is 17.4. The molecular formula is C25H25N5O2. The Morgan fingerprint density at radius 3 is 2.59 bits per heavy atom. The number of pyridine rings is 1. The molecule has 1 aliphatic heterocycles. The highest BCUT2D eigenvalue weighted by molar-refractivity contribution is 6.14. The van der Waals surface area contributed by atoms with Crippen molar-refractivity contribution in [1.29, 1.82) is 0 Å². The molecule has 5 rings (SSSR count). The SMILES string of the molecule is CN(C)C1CCN(C(=O)c2ccc3c(c2)[nH]c2c(C(N)=O)cc(-c4ccccc4)nc23)C1. The number of carbonyl (C=O) groups excluding carboxylic acids is 2. The summed E-state index contributed by atoms with van der Waals surface area (Å²) in [6.07, 6.45) is 0.974. The Bertz CT molecular complexity index is 1340. The number of likely N-dealkylation sites (tertiary alicyclic amines) is 1. The van der Waals surface area contributed by atoms with E-state index in [0.29, 0.717) is 33.9 Å². The minimum absolute atomic E-state index is 0.0166. The first kappa shape index (κ1) is 20.2. The van der Waals surface area contributed by atoms with Crippen molar-refractivity contribution in [1.82, 2.24) is 19.8 Å². The van der Waals surface area contributed by atoms with E-state index in [1.807, 2.05) is 67.5 Å². The van der Waals surface area contributed by atoms with Crippen LogP contribution in [-0.4, -0.2) is 64.8 Å². The van der Waals surface area contributed by atoms with Gasteiger partial charge in [0.25, 0.3) is 11.8 Å². The predicted octanol–water partition coefficient (Wildman–Crippen LogP) is 3.26. The van der Waals surface area contributed by atoms with Gasteiger partial charge in [-0.25, -0.2) is 4.98 Å². The summed E-state index contributed by atoms with van der Waals surface area (Å²) < 4.78 is 0. The average Bonchev–Trinajstić information content (AvgIpc) is 3.43. The van der Waals surface area contributed by atoms with E-state index in [1.54, 1.807) is 6.07 Å². The number of hydrogen-bond donors (Lipinski definition) is 2. The summed E-state index contributed by atoms with van der Waals surface area (Å²) in [5, 5.41) is 0.851. The smallest absolute Gasteiger partial charge is 0.253 e. The first-order valence-corrected chi connectivity index (χ1v) is 10.7. The number of rotatable bonds is 4. The standard InChI is InChI=1S/C25H25N5O2/c1-29(2)17-10-11-30(14-17)25(32)16-8-9-18-21(12-16)28-23-19(24(26)31)13-20(27-22(18)23)15-6-4-3-5-7-15/h3-9,12-13,17,28H,10-11,14H2,1-2H3,(H2,26,31). The number of hydrogen-bond acceptors (Lipinski definition) is 4. The highest BCUT2D eigenvalue weighted by Crippen LogP contribution is 2.31. The van der Waals surface area contributed by atoms with Crippen molar-refractivity contribution in [3.05, 3.63) is 65.7 Å². The van der Waals surface area contributed by atoms with Gasteiger partial charge in [0.1, 0.15) is 0 Å². The van der Waals surface area contributed by atoms with Crippen molar-refractivity contribution >= 4 is 33.8 Å². The van der Waals surface area contributed by atoms with Gasteiger partial charge < -0.3 is 20.5 Å². The predicted molar refractivity (Wildman–Crippen MR) is 126 cm³/mol. The number of nitrogens with two attached hydrogens (primary N) is 1. The van der Waals surface area contributed by atoms with Crippen LogP contribution in [0.4, 0.5) is 0 Å². The van der Waals surface area contributed by atoms with E-state index in [9.17, 15) is 9.59 Å². The number of primary amides is 1. The quantitative estimate of drug-likeness (QED) is 0.523. The number of aromatic nitrogens is 2. The summed E-state index contributed by atoms with van der Waals surface area (Å²) >= 11 is 0. The number of carbonyl (C=O) groups is 2. The second-order valence-corrected chi connectivity index (χ2v) is 8.55. The van der Waals surface area contributed by atoms with E-state index < -0.39 is 5.91 Å². The van der Waals surface area contributed by atoms with E-state index in [0.717, 1.165) is 36.0 Å². The topological polar surface area (TPSA) is 95.3 Å². The summed E-state index contributed by atoms with van der Waals surface area (Å²) in [5.41, 5.74) is 10.3. The van der Waals surface area contributed by atoms with E-state index >= 15 is 0 Å². The molecule has 1 saturated heterocycles. The molecule has 2 aromatic heterocycles. The summed E-state index contributed by atoms with van der Waals surface area (Å²) in [7, 11) is 4.09. The second-order valence-electron chi connectivity index (χ2n) is 8.55. The average molecular weight is 428 g/mol. The lowest BCUT2D eigenvalue weighted by Crippen LogP contribution is -2.34. The Morgan fingerprint density at radius 1 is 1.12 bits per heavy atom. The van der Waals surface area contributed by atoms with E-state index in [1.165, 1.54) is 0 Å². The van der Waals surface area contributed by atoms with Crippen LogP contribution in [0.2, 0.25) is 0 Å². The summed E-state index contributed by atoms with van der Waals surface area (Å²) in [5.74, 6) is -0.507. The molecule has 7 heteroatoms. The number of nitrogens with zero attached hydrogens (tertiary/aromatic N) is 3. The molecule has 7 nitrogen and oxygen atoms in total. The third kappa shape index (κ3) is 3.40. The van der Waals surface area contributed by atoms with Gasteiger partial charge in [-0.15, -0.1) is 0 Å². The normalized spacial score (nSPS) is 16.3. The maximum Gasteiger partial charge on any atom is 0.253 e. The Labute approximate surface area is 185 Å².